The number of hydrogen-bond acceptors (Lipinski definition) is 6. The fraction of sp³-hybridized carbons (Fsp3) is 0.107. The Morgan fingerprint density at radius 1 is 0.829 bits per heavy atom. The lowest BCUT2D eigenvalue weighted by Crippen LogP contribution is -2.49. The third kappa shape index (κ3) is 6.76. The minimum absolute atomic E-state index is 0.0624. The van der Waals surface area contributed by atoms with Gasteiger partial charge in [-0.2, -0.15) is 0 Å². The van der Waals surface area contributed by atoms with Crippen molar-refractivity contribution in [1.29, 1.82) is 0 Å². The van der Waals surface area contributed by atoms with Crippen molar-refractivity contribution < 1.29 is 26.4 Å². The normalized spacial score (nSPS) is 15.0. The monoisotopic (exact) mass is 631 g/mol. The average Bonchev–Trinajstić information content (AvgIpc) is 2.92. The van der Waals surface area contributed by atoms with E-state index in [9.17, 15) is 21.6 Å². The molecule has 0 aromatic heterocycles. The number of fused-ring (bicyclic) bond motifs is 1. The summed E-state index contributed by atoms with van der Waals surface area (Å²) in [5, 5.41) is 3.21. The molecule has 212 valence electrons. The molecule has 1 aliphatic rings. The van der Waals surface area contributed by atoms with Crippen molar-refractivity contribution in [2.24, 2.45) is 0 Å². The van der Waals surface area contributed by atoms with Crippen LogP contribution in [0.3, 0.4) is 0 Å². The Bertz CT molecular complexity index is 1780. The van der Waals surface area contributed by atoms with Gasteiger partial charge in [0.1, 0.15) is 5.75 Å². The number of rotatable bonds is 8. The van der Waals surface area contributed by atoms with Gasteiger partial charge in [0.25, 0.3) is 15.9 Å². The molecule has 1 atom stereocenters. The fourth-order valence-corrected chi connectivity index (χ4v) is 7.38. The number of para-hydroxylation sites is 2. The van der Waals surface area contributed by atoms with Crippen LogP contribution in [0.1, 0.15) is 5.56 Å². The van der Waals surface area contributed by atoms with E-state index in [-0.39, 0.29) is 38.7 Å². The molecule has 0 spiro atoms. The maximum absolute atomic E-state index is 13.4. The summed E-state index contributed by atoms with van der Waals surface area (Å²) in [6, 6.07) is 25.1. The molecule has 0 fully saturated rings. The van der Waals surface area contributed by atoms with E-state index in [1.807, 2.05) is 0 Å². The molecule has 9 nitrogen and oxygen atoms in total. The third-order valence-electron chi connectivity index (χ3n) is 6.10. The van der Waals surface area contributed by atoms with Crippen LogP contribution in [0.15, 0.2) is 102 Å². The van der Waals surface area contributed by atoms with Gasteiger partial charge >= 0.3 is 0 Å². The first-order valence-corrected chi connectivity index (χ1v) is 16.0. The zero-order valence-corrected chi connectivity index (χ0v) is 24.3. The van der Waals surface area contributed by atoms with Crippen LogP contribution >= 0.6 is 23.2 Å². The molecule has 4 aromatic carbocycles. The average molecular weight is 633 g/mol. The number of hydrogen-bond donors (Lipinski definition) is 2. The minimum atomic E-state index is -3.97. The lowest BCUT2D eigenvalue weighted by Gasteiger charge is -2.34. The zero-order valence-electron chi connectivity index (χ0n) is 21.2. The van der Waals surface area contributed by atoms with Crippen molar-refractivity contribution in [2.45, 2.75) is 16.8 Å². The van der Waals surface area contributed by atoms with Gasteiger partial charge in [-0.1, -0.05) is 65.7 Å². The van der Waals surface area contributed by atoms with Gasteiger partial charge in [-0.3, -0.25) is 13.8 Å². The van der Waals surface area contributed by atoms with Crippen LogP contribution in [-0.2, 0) is 30.6 Å². The molecule has 0 saturated carbocycles. The summed E-state index contributed by atoms with van der Waals surface area (Å²) in [6.07, 6.45) is -1.16. The SMILES string of the molecule is O=C(Nc1ccc(S(=O)(=O)Nc2cc(Cl)cc(Cl)c2)cc1)[C@H]1CN(S(=O)(=O)Cc2ccccc2)c2ccccc2O1. The van der Waals surface area contributed by atoms with Crippen LogP contribution in [0.25, 0.3) is 0 Å². The highest BCUT2D eigenvalue weighted by Crippen LogP contribution is 2.36. The van der Waals surface area contributed by atoms with Gasteiger partial charge in [-0.25, -0.2) is 16.8 Å². The number of carbonyl (C=O) groups excluding carboxylic acids is 1. The topological polar surface area (TPSA) is 122 Å². The number of ether oxygens (including phenoxy) is 1. The van der Waals surface area contributed by atoms with Gasteiger partial charge < -0.3 is 10.1 Å². The molecule has 0 bridgehead atoms. The van der Waals surface area contributed by atoms with Crippen molar-refractivity contribution in [1.82, 2.24) is 0 Å². The Morgan fingerprint density at radius 2 is 1.46 bits per heavy atom. The molecule has 0 saturated heterocycles. The second kappa shape index (κ2) is 11.6. The molecular weight excluding hydrogens is 609 g/mol. The van der Waals surface area contributed by atoms with Gasteiger partial charge in [0, 0.05) is 15.7 Å². The zero-order chi connectivity index (χ0) is 29.2. The van der Waals surface area contributed by atoms with E-state index in [0.29, 0.717) is 16.9 Å². The number of nitrogens with one attached hydrogen (secondary N) is 2. The van der Waals surface area contributed by atoms with Gasteiger partial charge in [-0.05, 0) is 60.2 Å². The molecular formula is C28H23Cl2N3O6S2. The Kier molecular flexibility index (Phi) is 8.14. The summed E-state index contributed by atoms with van der Waals surface area (Å²) in [4.78, 5) is 13.1. The van der Waals surface area contributed by atoms with E-state index >= 15 is 0 Å². The second-order valence-corrected chi connectivity index (χ2v) is 13.6. The van der Waals surface area contributed by atoms with Crippen LogP contribution in [0, 0.1) is 0 Å². The quantitative estimate of drug-likeness (QED) is 0.264. The van der Waals surface area contributed by atoms with Gasteiger partial charge in [0.2, 0.25) is 10.0 Å². The number of carbonyl (C=O) groups is 1. The standard InChI is InChI=1S/C28H23Cl2N3O6S2/c29-20-14-21(30)16-23(15-20)32-41(37,38)24-12-10-22(11-13-24)31-28(34)27-17-33(25-8-4-5-9-26(25)39-27)40(35,36)18-19-6-2-1-3-7-19/h1-16,27,32H,17-18H2,(H,31,34)/t27-/m1/s1. The predicted molar refractivity (Wildman–Crippen MR) is 160 cm³/mol. The summed E-state index contributed by atoms with van der Waals surface area (Å²) >= 11 is 11.9. The summed E-state index contributed by atoms with van der Waals surface area (Å²) < 4.78 is 61.9. The van der Waals surface area contributed by atoms with E-state index in [1.54, 1.807) is 54.6 Å². The fourth-order valence-electron chi connectivity index (χ4n) is 4.23. The Labute approximate surface area is 247 Å². The Balaban J connectivity index is 1.31. The summed E-state index contributed by atoms with van der Waals surface area (Å²) in [5.74, 6) is -0.590. The van der Waals surface area contributed by atoms with Crippen molar-refractivity contribution in [2.75, 3.05) is 20.9 Å². The summed E-state index contributed by atoms with van der Waals surface area (Å²) in [7, 11) is -7.83. The number of nitrogens with zero attached hydrogens (tertiary/aromatic N) is 1. The molecule has 1 amide bonds. The molecule has 1 aliphatic heterocycles. The predicted octanol–water partition coefficient (Wildman–Crippen LogP) is 5.53. The molecule has 4 aromatic rings. The van der Waals surface area contributed by atoms with E-state index in [4.69, 9.17) is 27.9 Å². The Hall–Kier alpha value is -3.77. The first-order chi connectivity index (χ1) is 19.5. The number of halogens is 2. The van der Waals surface area contributed by atoms with Gasteiger partial charge in [0.15, 0.2) is 6.10 Å². The summed E-state index contributed by atoms with van der Waals surface area (Å²) in [6.45, 7) is -0.239. The van der Waals surface area contributed by atoms with Crippen LogP contribution < -0.4 is 19.1 Å². The van der Waals surface area contributed by atoms with Crippen LogP contribution in [0.4, 0.5) is 17.1 Å². The minimum Gasteiger partial charge on any atom is -0.476 e. The molecule has 0 unspecified atom stereocenters. The highest BCUT2D eigenvalue weighted by atomic mass is 35.5. The first kappa shape index (κ1) is 28.7. The number of anilines is 3. The van der Waals surface area contributed by atoms with Crippen molar-refractivity contribution in [3.05, 3.63) is 113 Å². The highest BCUT2D eigenvalue weighted by Gasteiger charge is 2.36. The lowest BCUT2D eigenvalue weighted by atomic mass is 10.2. The van der Waals surface area contributed by atoms with E-state index in [0.717, 1.165) is 0 Å². The third-order valence-corrected chi connectivity index (χ3v) is 9.65. The molecule has 1 heterocycles. The second-order valence-electron chi connectivity index (χ2n) is 9.12. The smallest absolute Gasteiger partial charge is 0.267 e. The van der Waals surface area contributed by atoms with Crippen molar-refractivity contribution in [3.8, 4) is 5.75 Å². The maximum atomic E-state index is 13.4. The van der Waals surface area contributed by atoms with Crippen LogP contribution in [-0.4, -0.2) is 35.4 Å². The lowest BCUT2D eigenvalue weighted by molar-refractivity contribution is -0.122. The van der Waals surface area contributed by atoms with Crippen molar-refractivity contribution in [3.63, 3.8) is 0 Å². The van der Waals surface area contributed by atoms with E-state index in [2.05, 4.69) is 10.0 Å². The summed E-state index contributed by atoms with van der Waals surface area (Å²) in [5.41, 5.74) is 1.44. The Morgan fingerprint density at radius 3 is 2.15 bits per heavy atom. The molecule has 5 rings (SSSR count). The molecule has 0 radical (unpaired) electrons. The molecule has 13 heteroatoms. The van der Waals surface area contributed by atoms with Gasteiger partial charge in [-0.15, -0.1) is 0 Å². The number of amides is 1. The molecule has 0 aliphatic carbocycles. The van der Waals surface area contributed by atoms with Gasteiger partial charge in [0.05, 0.1) is 28.6 Å². The van der Waals surface area contributed by atoms with Crippen LogP contribution in [0.5, 0.6) is 5.75 Å². The molecule has 2 N–H and O–H groups in total. The largest absolute Gasteiger partial charge is 0.476 e. The number of benzene rings is 4. The molecule has 41 heavy (non-hydrogen) atoms. The van der Waals surface area contributed by atoms with Crippen LogP contribution in [0.2, 0.25) is 10.0 Å². The number of sulfonamides is 2. The van der Waals surface area contributed by atoms with E-state index in [1.165, 1.54) is 46.8 Å². The van der Waals surface area contributed by atoms with Crippen molar-refractivity contribution >= 4 is 66.2 Å². The maximum Gasteiger partial charge on any atom is 0.267 e. The van der Waals surface area contributed by atoms with E-state index < -0.39 is 32.1 Å². The first-order valence-electron chi connectivity index (χ1n) is 12.2. The highest BCUT2D eigenvalue weighted by molar-refractivity contribution is 7.92.